The van der Waals surface area contributed by atoms with Crippen LogP contribution in [0.15, 0.2) is 54.7 Å². The number of amides is 3. The molecule has 2 aromatic heterocycles. The van der Waals surface area contributed by atoms with Crippen LogP contribution in [0.5, 0.6) is 5.75 Å². The summed E-state index contributed by atoms with van der Waals surface area (Å²) in [6.45, 7) is 0. The molecule has 0 aliphatic heterocycles. The van der Waals surface area contributed by atoms with Crippen LogP contribution in [0, 0.1) is 0 Å². The van der Waals surface area contributed by atoms with Crippen LogP contribution in [0.2, 0.25) is 0 Å². The second-order valence-electron chi connectivity index (χ2n) is 9.20. The van der Waals surface area contributed by atoms with Crippen molar-refractivity contribution in [2.45, 2.75) is 37.8 Å². The minimum Gasteiger partial charge on any atom is -0.497 e. The van der Waals surface area contributed by atoms with Crippen LogP contribution in [0.3, 0.4) is 0 Å². The molecule has 1 aliphatic carbocycles. The quantitative estimate of drug-likeness (QED) is 0.271. The highest BCUT2D eigenvalue weighted by Gasteiger charge is 2.38. The van der Waals surface area contributed by atoms with E-state index in [9.17, 15) is 14.4 Å². The molecule has 1 aliphatic rings. The summed E-state index contributed by atoms with van der Waals surface area (Å²) in [6.07, 6.45) is 5.57. The largest absolute Gasteiger partial charge is 0.497 e. The van der Waals surface area contributed by atoms with Gasteiger partial charge in [0, 0.05) is 40.5 Å². The number of carbonyl (C=O) groups excluding carboxylic acids is 3. The number of carbonyl (C=O) groups is 3. The summed E-state index contributed by atoms with van der Waals surface area (Å²) in [5.41, 5.74) is 13.1. The standard InChI is InChI=1S/C27H28N6O4S/c1-37-17-10-6-9-16(13-17)33(27(36)24-21(28)22(25(29)34)32-38-24)23(26(35)31-15-7-2-3-8-15)19-14-30-20-12-5-4-11-18(19)20/h4-6,9-15,23,30H,2-3,7-8,28H2,1H3,(H2,29,34)(H,31,35). The molecule has 1 atom stereocenters. The van der Waals surface area contributed by atoms with Crippen molar-refractivity contribution in [2.75, 3.05) is 17.7 Å². The van der Waals surface area contributed by atoms with Gasteiger partial charge in [-0.1, -0.05) is 37.1 Å². The molecule has 10 nitrogen and oxygen atoms in total. The number of H-pyrrole nitrogens is 1. The smallest absolute Gasteiger partial charge is 0.273 e. The zero-order chi connectivity index (χ0) is 26.8. The minimum absolute atomic E-state index is 0.0140. The molecule has 11 heteroatoms. The summed E-state index contributed by atoms with van der Waals surface area (Å²) in [5.74, 6) is -1.24. The molecule has 0 radical (unpaired) electrons. The van der Waals surface area contributed by atoms with E-state index in [-0.39, 0.29) is 28.2 Å². The van der Waals surface area contributed by atoms with Gasteiger partial charge in [0.05, 0.1) is 12.8 Å². The number of benzene rings is 2. The molecule has 1 saturated carbocycles. The predicted octanol–water partition coefficient (Wildman–Crippen LogP) is 3.76. The molecule has 1 fully saturated rings. The average molecular weight is 533 g/mol. The summed E-state index contributed by atoms with van der Waals surface area (Å²) in [5, 5.41) is 3.96. The normalized spacial score (nSPS) is 14.3. The number of para-hydroxylation sites is 1. The Bertz CT molecular complexity index is 1510. The fourth-order valence-corrected chi connectivity index (χ4v) is 5.69. The number of hydrogen-bond acceptors (Lipinski definition) is 7. The fraction of sp³-hybridized carbons (Fsp3) is 0.259. The van der Waals surface area contributed by atoms with E-state index in [2.05, 4.69) is 14.7 Å². The number of aromatic nitrogens is 2. The number of rotatable bonds is 8. The van der Waals surface area contributed by atoms with Crippen molar-refractivity contribution in [3.8, 4) is 5.75 Å². The number of hydrogen-bond donors (Lipinski definition) is 4. The molecule has 2 aromatic carbocycles. The van der Waals surface area contributed by atoms with Gasteiger partial charge in [0.25, 0.3) is 11.8 Å². The van der Waals surface area contributed by atoms with Crippen molar-refractivity contribution < 1.29 is 19.1 Å². The van der Waals surface area contributed by atoms with Gasteiger partial charge in [-0.2, -0.15) is 4.37 Å². The van der Waals surface area contributed by atoms with Crippen LogP contribution < -0.4 is 26.4 Å². The first-order valence-corrected chi connectivity index (χ1v) is 13.0. The van der Waals surface area contributed by atoms with Crippen LogP contribution in [0.25, 0.3) is 10.9 Å². The second kappa shape index (κ2) is 10.5. The molecule has 3 amide bonds. The van der Waals surface area contributed by atoms with Crippen LogP contribution in [0.1, 0.15) is 57.4 Å². The van der Waals surface area contributed by atoms with Gasteiger partial charge in [-0.05, 0) is 42.6 Å². The highest BCUT2D eigenvalue weighted by atomic mass is 32.1. The third-order valence-corrected chi connectivity index (χ3v) is 7.68. The number of ether oxygens (including phenoxy) is 1. The first kappa shape index (κ1) is 25.3. The van der Waals surface area contributed by atoms with E-state index in [1.165, 1.54) is 12.0 Å². The molecule has 0 bridgehead atoms. The number of nitrogen functional groups attached to an aromatic ring is 1. The Morgan fingerprint density at radius 1 is 1.16 bits per heavy atom. The first-order valence-electron chi connectivity index (χ1n) is 12.3. The Morgan fingerprint density at radius 3 is 2.63 bits per heavy atom. The fourth-order valence-electron chi connectivity index (χ4n) is 4.95. The van der Waals surface area contributed by atoms with Crippen LogP contribution in [0.4, 0.5) is 11.4 Å². The van der Waals surface area contributed by atoms with Crippen molar-refractivity contribution in [2.24, 2.45) is 5.73 Å². The average Bonchev–Trinajstić information content (AvgIpc) is 3.67. The van der Waals surface area contributed by atoms with Crippen molar-refractivity contribution in [1.82, 2.24) is 14.7 Å². The minimum atomic E-state index is -1.06. The molecular weight excluding hydrogens is 504 g/mol. The molecular formula is C27H28N6O4S. The van der Waals surface area contributed by atoms with Crippen LogP contribution >= 0.6 is 11.5 Å². The van der Waals surface area contributed by atoms with Crippen LogP contribution in [-0.2, 0) is 4.79 Å². The molecule has 2 heterocycles. The summed E-state index contributed by atoms with van der Waals surface area (Å²) in [6, 6.07) is 13.4. The van der Waals surface area contributed by atoms with Crippen molar-refractivity contribution in [3.63, 3.8) is 0 Å². The second-order valence-corrected chi connectivity index (χ2v) is 9.97. The summed E-state index contributed by atoms with van der Waals surface area (Å²) < 4.78 is 9.43. The van der Waals surface area contributed by atoms with E-state index in [0.29, 0.717) is 17.0 Å². The van der Waals surface area contributed by atoms with Gasteiger partial charge in [0.1, 0.15) is 16.7 Å². The Balaban J connectivity index is 1.70. The number of fused-ring (bicyclic) bond motifs is 1. The van der Waals surface area contributed by atoms with E-state index in [4.69, 9.17) is 16.2 Å². The Kier molecular flexibility index (Phi) is 7.01. The van der Waals surface area contributed by atoms with Gasteiger partial charge in [-0.15, -0.1) is 0 Å². The van der Waals surface area contributed by atoms with Crippen LogP contribution in [-0.4, -0.2) is 40.2 Å². The summed E-state index contributed by atoms with van der Waals surface area (Å²) in [4.78, 5) is 44.8. The van der Waals surface area contributed by atoms with Gasteiger partial charge in [0.2, 0.25) is 5.91 Å². The number of nitrogens with one attached hydrogen (secondary N) is 2. The maximum Gasteiger partial charge on any atom is 0.273 e. The van der Waals surface area contributed by atoms with E-state index >= 15 is 0 Å². The number of anilines is 2. The lowest BCUT2D eigenvalue weighted by Gasteiger charge is -2.32. The first-order chi connectivity index (χ1) is 18.4. The SMILES string of the molecule is COc1cccc(N(C(=O)c2snc(C(N)=O)c2N)C(C(=O)NC2CCCC2)c2c[nH]c3ccccc23)c1. The van der Waals surface area contributed by atoms with E-state index in [1.54, 1.807) is 30.5 Å². The summed E-state index contributed by atoms with van der Waals surface area (Å²) in [7, 11) is 1.52. The lowest BCUT2D eigenvalue weighted by Crippen LogP contribution is -2.46. The number of methoxy groups -OCH3 is 1. The van der Waals surface area contributed by atoms with Crippen molar-refractivity contribution in [3.05, 3.63) is 70.9 Å². The Hall–Kier alpha value is -4.38. The van der Waals surface area contributed by atoms with Gasteiger partial charge >= 0.3 is 0 Å². The molecule has 5 rings (SSSR count). The topological polar surface area (TPSA) is 156 Å². The third kappa shape index (κ3) is 4.68. The van der Waals surface area contributed by atoms with Crippen molar-refractivity contribution in [1.29, 1.82) is 0 Å². The molecule has 0 saturated heterocycles. The van der Waals surface area contributed by atoms with Gasteiger partial charge < -0.3 is 26.5 Å². The zero-order valence-electron chi connectivity index (χ0n) is 20.8. The molecule has 38 heavy (non-hydrogen) atoms. The monoisotopic (exact) mass is 532 g/mol. The van der Waals surface area contributed by atoms with Gasteiger partial charge in [-0.3, -0.25) is 19.3 Å². The lowest BCUT2D eigenvalue weighted by atomic mass is 10.0. The number of aromatic amines is 1. The Morgan fingerprint density at radius 2 is 1.92 bits per heavy atom. The van der Waals surface area contributed by atoms with Crippen molar-refractivity contribution >= 4 is 51.5 Å². The number of primary amides is 1. The molecule has 0 spiro atoms. The molecule has 1 unspecified atom stereocenters. The maximum absolute atomic E-state index is 14.2. The van der Waals surface area contributed by atoms with E-state index in [1.807, 2.05) is 24.3 Å². The molecule has 6 N–H and O–H groups in total. The van der Waals surface area contributed by atoms with Gasteiger partial charge in [0.15, 0.2) is 5.69 Å². The summed E-state index contributed by atoms with van der Waals surface area (Å²) >= 11 is 0.771. The van der Waals surface area contributed by atoms with Gasteiger partial charge in [-0.25, -0.2) is 0 Å². The maximum atomic E-state index is 14.2. The van der Waals surface area contributed by atoms with E-state index in [0.717, 1.165) is 48.1 Å². The van der Waals surface area contributed by atoms with E-state index < -0.39 is 17.9 Å². The number of nitrogens with zero attached hydrogens (tertiary/aromatic N) is 2. The highest BCUT2D eigenvalue weighted by molar-refractivity contribution is 7.09. The Labute approximate surface area is 223 Å². The lowest BCUT2D eigenvalue weighted by molar-refractivity contribution is -0.123. The number of nitrogens with two attached hydrogens (primary N) is 2. The molecule has 4 aromatic rings. The molecule has 196 valence electrons. The zero-order valence-corrected chi connectivity index (χ0v) is 21.6. The highest BCUT2D eigenvalue weighted by Crippen LogP contribution is 2.37. The third-order valence-electron chi connectivity index (χ3n) is 6.83. The predicted molar refractivity (Wildman–Crippen MR) is 146 cm³/mol.